The van der Waals surface area contributed by atoms with Crippen LogP contribution in [-0.2, 0) is 30.4 Å². The molecule has 48 heavy (non-hydrogen) atoms. The van der Waals surface area contributed by atoms with Crippen LogP contribution in [-0.4, -0.2) is 43.8 Å². The number of rotatable bonds is 10. The van der Waals surface area contributed by atoms with Gasteiger partial charge in [0, 0.05) is 12.1 Å². The zero-order valence-electron chi connectivity index (χ0n) is 25.2. The van der Waals surface area contributed by atoms with Crippen LogP contribution in [0.25, 0.3) is 12.2 Å². The van der Waals surface area contributed by atoms with Crippen molar-refractivity contribution >= 4 is 70.9 Å². The van der Waals surface area contributed by atoms with Crippen LogP contribution in [0.1, 0.15) is 11.1 Å². The quantitative estimate of drug-likeness (QED) is 0.0382. The van der Waals surface area contributed by atoms with E-state index in [0.29, 0.717) is 17.4 Å². The Morgan fingerprint density at radius 3 is 1.25 bits per heavy atom. The first kappa shape index (κ1) is 44.0. The summed E-state index contributed by atoms with van der Waals surface area (Å²) in [6.07, 6.45) is 2.07. The molecular formula is C26H16N5Na3O11S3. The second-order valence-corrected chi connectivity index (χ2v) is 12.9. The number of azo groups is 2. The summed E-state index contributed by atoms with van der Waals surface area (Å²) in [5, 5.41) is 26.8. The number of hydrogen-bond donors (Lipinski definition) is 0. The van der Waals surface area contributed by atoms with Crippen LogP contribution < -0.4 is 88.7 Å². The van der Waals surface area contributed by atoms with Crippen molar-refractivity contribution in [2.24, 2.45) is 20.5 Å². The Hall–Kier alpha value is -2.05. The molecule has 232 valence electrons. The van der Waals surface area contributed by atoms with Crippen LogP contribution in [0.5, 0.6) is 0 Å². The van der Waals surface area contributed by atoms with Gasteiger partial charge in [-0.1, -0.05) is 18.2 Å². The van der Waals surface area contributed by atoms with Gasteiger partial charge in [0.2, 0.25) is 0 Å². The minimum Gasteiger partial charge on any atom is -0.744 e. The molecule has 0 atom stereocenters. The fourth-order valence-electron chi connectivity index (χ4n) is 3.61. The molecule has 22 heteroatoms. The van der Waals surface area contributed by atoms with Gasteiger partial charge in [-0.3, -0.25) is 10.1 Å². The molecule has 4 aromatic carbocycles. The molecule has 4 rings (SSSR count). The van der Waals surface area contributed by atoms with Gasteiger partial charge in [-0.2, -0.15) is 20.5 Å². The molecule has 0 saturated heterocycles. The zero-order chi connectivity index (χ0) is 33.0. The van der Waals surface area contributed by atoms with Crippen molar-refractivity contribution in [3.63, 3.8) is 0 Å². The summed E-state index contributed by atoms with van der Waals surface area (Å²) in [6, 6.07) is 16.8. The van der Waals surface area contributed by atoms with E-state index in [1.54, 1.807) is 0 Å². The van der Waals surface area contributed by atoms with E-state index in [9.17, 15) is 49.0 Å². The average Bonchev–Trinajstić information content (AvgIpc) is 2.97. The SMILES string of the molecule is O=[N+]([O-])c1ccc(/C=C/c2ccc(N=Nc3ccc(N=Nc4ccc(S(=O)(=O)[O-])cc4)cc3)cc2S(=O)(=O)[O-])c(S(=O)(=O)[O-])c1.[Na+].[Na+].[Na+]. The zero-order valence-corrected chi connectivity index (χ0v) is 33.6. The van der Waals surface area contributed by atoms with Gasteiger partial charge in [0.05, 0.1) is 42.4 Å². The monoisotopic (exact) mass is 739 g/mol. The Kier molecular flexibility index (Phi) is 16.7. The van der Waals surface area contributed by atoms with E-state index < -0.39 is 55.7 Å². The summed E-state index contributed by atoms with van der Waals surface area (Å²) >= 11 is 0. The van der Waals surface area contributed by atoms with Crippen LogP contribution in [0.3, 0.4) is 0 Å². The van der Waals surface area contributed by atoms with Gasteiger partial charge in [0.1, 0.15) is 30.4 Å². The smallest absolute Gasteiger partial charge is 0.744 e. The topological polar surface area (TPSA) is 264 Å². The van der Waals surface area contributed by atoms with E-state index in [1.165, 1.54) is 48.5 Å². The van der Waals surface area contributed by atoms with Gasteiger partial charge < -0.3 is 13.7 Å². The van der Waals surface area contributed by atoms with Crippen molar-refractivity contribution in [2.45, 2.75) is 14.7 Å². The summed E-state index contributed by atoms with van der Waals surface area (Å²) in [6.45, 7) is 0. The second-order valence-electron chi connectivity index (χ2n) is 8.81. The van der Waals surface area contributed by atoms with Gasteiger partial charge in [0.25, 0.3) is 5.69 Å². The minimum atomic E-state index is -5.15. The van der Waals surface area contributed by atoms with Gasteiger partial charge in [0.15, 0.2) is 0 Å². The summed E-state index contributed by atoms with van der Waals surface area (Å²) in [5.41, 5.74) is -0.170. The molecule has 0 saturated carbocycles. The van der Waals surface area contributed by atoms with Gasteiger partial charge in [-0.05, 0) is 77.9 Å². The molecule has 16 nitrogen and oxygen atoms in total. The largest absolute Gasteiger partial charge is 1.00 e. The fraction of sp³-hybridized carbons (Fsp3) is 0. The minimum absolute atomic E-state index is 0. The van der Waals surface area contributed by atoms with Crippen molar-refractivity contribution in [2.75, 3.05) is 0 Å². The van der Waals surface area contributed by atoms with Crippen LogP contribution >= 0.6 is 0 Å². The van der Waals surface area contributed by atoms with Gasteiger partial charge >= 0.3 is 88.7 Å². The molecule has 0 aromatic heterocycles. The summed E-state index contributed by atoms with van der Waals surface area (Å²) in [4.78, 5) is 8.02. The molecule has 0 aliphatic carbocycles. The van der Waals surface area contributed by atoms with E-state index >= 15 is 0 Å². The number of nitrogens with zero attached hydrogens (tertiary/aromatic N) is 5. The molecule has 0 N–H and O–H groups in total. The van der Waals surface area contributed by atoms with Crippen LogP contribution in [0.4, 0.5) is 28.4 Å². The van der Waals surface area contributed by atoms with E-state index in [0.717, 1.165) is 42.5 Å². The van der Waals surface area contributed by atoms with Crippen LogP contribution in [0.2, 0.25) is 0 Å². The molecule has 0 spiro atoms. The number of nitro benzene ring substituents is 1. The average molecular weight is 740 g/mol. The molecule has 0 radical (unpaired) electrons. The standard InChI is InChI=1S/C26H19N5O11S3.3Na/c32-31(33)23-12-4-18(26(16-23)45(40,41)42)2-1-17-3-5-22(15-25(17)44(37,38)39)30-29-20-8-6-19(7-9-20)27-28-21-10-13-24(14-11-21)43(34,35)36;;;/h1-16H,(H,34,35,36)(H,37,38,39)(H,40,41,42);;;/q;3*+1/p-3/b2-1+,28-27?,30-29?;;;. The van der Waals surface area contributed by atoms with Crippen LogP contribution in [0, 0.1) is 10.1 Å². The predicted octanol–water partition coefficient (Wildman–Crippen LogP) is -3.68. The fourth-order valence-corrected chi connectivity index (χ4v) is 5.46. The van der Waals surface area contributed by atoms with Crippen molar-refractivity contribution in [1.29, 1.82) is 0 Å². The maximum atomic E-state index is 12.0. The normalized spacial score (nSPS) is 12.0. The number of non-ortho nitro benzene ring substituents is 1. The van der Waals surface area contributed by atoms with Crippen LogP contribution in [0.15, 0.2) is 120 Å². The maximum absolute atomic E-state index is 12.0. The Bertz CT molecular complexity index is 2220. The maximum Gasteiger partial charge on any atom is 1.00 e. The molecule has 0 unspecified atom stereocenters. The van der Waals surface area contributed by atoms with Crippen molar-refractivity contribution in [1.82, 2.24) is 0 Å². The van der Waals surface area contributed by atoms with E-state index in [1.807, 2.05) is 0 Å². The Morgan fingerprint density at radius 1 is 0.500 bits per heavy atom. The molecule has 0 aliphatic rings. The first-order valence-electron chi connectivity index (χ1n) is 12.0. The number of benzene rings is 4. The molecular weight excluding hydrogens is 723 g/mol. The van der Waals surface area contributed by atoms with E-state index in [-0.39, 0.29) is 111 Å². The molecule has 4 aromatic rings. The molecule has 0 amide bonds. The third-order valence-electron chi connectivity index (χ3n) is 5.72. The summed E-state index contributed by atoms with van der Waals surface area (Å²) < 4.78 is 104. The Balaban J connectivity index is 0.00000384. The van der Waals surface area contributed by atoms with Crippen molar-refractivity contribution in [3.8, 4) is 0 Å². The van der Waals surface area contributed by atoms with E-state index in [4.69, 9.17) is 0 Å². The van der Waals surface area contributed by atoms with Gasteiger partial charge in [-0.15, -0.1) is 0 Å². The predicted molar refractivity (Wildman–Crippen MR) is 154 cm³/mol. The summed E-state index contributed by atoms with van der Waals surface area (Å²) in [5.74, 6) is 0. The molecule has 0 heterocycles. The molecule has 0 fully saturated rings. The number of nitro groups is 1. The number of hydrogen-bond acceptors (Lipinski definition) is 15. The Morgan fingerprint density at radius 2 is 0.854 bits per heavy atom. The first-order chi connectivity index (χ1) is 21.0. The second kappa shape index (κ2) is 18.3. The van der Waals surface area contributed by atoms with E-state index in [2.05, 4.69) is 20.5 Å². The third-order valence-corrected chi connectivity index (χ3v) is 8.36. The van der Waals surface area contributed by atoms with Crippen molar-refractivity contribution < 1.29 is 133 Å². The summed E-state index contributed by atoms with van der Waals surface area (Å²) in [7, 11) is -14.8. The molecule has 0 aliphatic heterocycles. The van der Waals surface area contributed by atoms with Gasteiger partial charge in [-0.25, -0.2) is 25.3 Å². The third kappa shape index (κ3) is 12.4. The Labute approximate surface area is 340 Å². The first-order valence-corrected chi connectivity index (χ1v) is 16.2. The molecule has 0 bridgehead atoms. The van der Waals surface area contributed by atoms with Crippen molar-refractivity contribution in [3.05, 3.63) is 106 Å².